The maximum Gasteiger partial charge on any atom is 0.329 e. The predicted molar refractivity (Wildman–Crippen MR) is 67.3 cm³/mol. The Hall–Kier alpha value is -1.10. The van der Waals surface area contributed by atoms with Crippen LogP contribution in [0.1, 0.15) is 39.5 Å². The maximum absolute atomic E-state index is 12.0. The number of amides is 1. The fourth-order valence-electron chi connectivity index (χ4n) is 1.99. The van der Waals surface area contributed by atoms with Crippen LogP contribution in [0.25, 0.3) is 0 Å². The number of rotatable bonds is 5. The summed E-state index contributed by atoms with van der Waals surface area (Å²) in [5.74, 6) is -0.553. The number of aliphatic carboxylic acids is 1. The van der Waals surface area contributed by atoms with Crippen LogP contribution >= 0.6 is 0 Å². The van der Waals surface area contributed by atoms with E-state index in [0.29, 0.717) is 12.3 Å². The molecule has 1 aliphatic rings. The molecule has 1 amide bonds. The summed E-state index contributed by atoms with van der Waals surface area (Å²) >= 11 is 0. The Labute approximate surface area is 108 Å². The molecule has 1 aliphatic heterocycles. The first-order valence-electron chi connectivity index (χ1n) is 6.43. The van der Waals surface area contributed by atoms with Crippen LogP contribution in [-0.2, 0) is 14.3 Å². The lowest BCUT2D eigenvalue weighted by Crippen LogP contribution is -2.50. The predicted octanol–water partition coefficient (Wildman–Crippen LogP) is 1.51. The molecule has 1 N–H and O–H groups in total. The number of carboxylic acids is 1. The smallest absolute Gasteiger partial charge is 0.329 e. The van der Waals surface area contributed by atoms with E-state index in [1.165, 1.54) is 4.90 Å². The van der Waals surface area contributed by atoms with Crippen LogP contribution in [0, 0.1) is 5.92 Å². The van der Waals surface area contributed by atoms with E-state index in [2.05, 4.69) is 0 Å². The highest BCUT2D eigenvalue weighted by molar-refractivity contribution is 5.86. The SMILES string of the molecule is CN(C(=O)CCC1CCOCC1)C(C)(C)C(=O)O. The van der Waals surface area contributed by atoms with Gasteiger partial charge in [-0.25, -0.2) is 4.79 Å². The Morgan fingerprint density at radius 1 is 1.33 bits per heavy atom. The lowest BCUT2D eigenvalue weighted by atomic mass is 9.94. The van der Waals surface area contributed by atoms with Gasteiger partial charge in [-0.3, -0.25) is 4.79 Å². The third-order valence-corrected chi connectivity index (χ3v) is 3.84. The molecule has 5 heteroatoms. The van der Waals surface area contributed by atoms with Crippen molar-refractivity contribution in [1.82, 2.24) is 4.90 Å². The maximum atomic E-state index is 12.0. The van der Waals surface area contributed by atoms with E-state index in [9.17, 15) is 9.59 Å². The molecule has 1 fully saturated rings. The lowest BCUT2D eigenvalue weighted by molar-refractivity contribution is -0.155. The highest BCUT2D eigenvalue weighted by atomic mass is 16.5. The summed E-state index contributed by atoms with van der Waals surface area (Å²) in [5, 5.41) is 9.07. The molecule has 0 bridgehead atoms. The summed E-state index contributed by atoms with van der Waals surface area (Å²) in [6.45, 7) is 4.63. The number of nitrogens with zero attached hydrogens (tertiary/aromatic N) is 1. The first-order chi connectivity index (χ1) is 8.35. The molecule has 0 saturated carbocycles. The highest BCUT2D eigenvalue weighted by Gasteiger charge is 2.35. The quantitative estimate of drug-likeness (QED) is 0.810. The second-order valence-electron chi connectivity index (χ2n) is 5.41. The molecule has 0 aliphatic carbocycles. The van der Waals surface area contributed by atoms with Crippen LogP contribution in [0.15, 0.2) is 0 Å². The zero-order valence-electron chi connectivity index (χ0n) is 11.4. The minimum Gasteiger partial charge on any atom is -0.480 e. The Balaban J connectivity index is 2.42. The molecular weight excluding hydrogens is 234 g/mol. The molecule has 18 heavy (non-hydrogen) atoms. The standard InChI is InChI=1S/C13H23NO4/c1-13(2,12(16)17)14(3)11(15)5-4-10-6-8-18-9-7-10/h10H,4-9H2,1-3H3,(H,16,17). The van der Waals surface area contributed by atoms with Gasteiger partial charge in [-0.05, 0) is 39.0 Å². The third-order valence-electron chi connectivity index (χ3n) is 3.84. The van der Waals surface area contributed by atoms with Gasteiger partial charge in [0.2, 0.25) is 5.91 Å². The first-order valence-corrected chi connectivity index (χ1v) is 6.43. The molecule has 0 aromatic rings. The van der Waals surface area contributed by atoms with Crippen LogP contribution in [0.2, 0.25) is 0 Å². The average molecular weight is 257 g/mol. The molecule has 104 valence electrons. The number of ether oxygens (including phenoxy) is 1. The summed E-state index contributed by atoms with van der Waals surface area (Å²) < 4.78 is 5.27. The summed E-state index contributed by atoms with van der Waals surface area (Å²) in [6, 6.07) is 0. The van der Waals surface area contributed by atoms with Crippen LogP contribution in [0.5, 0.6) is 0 Å². The van der Waals surface area contributed by atoms with Crippen LogP contribution < -0.4 is 0 Å². The lowest BCUT2D eigenvalue weighted by Gasteiger charge is -2.32. The van der Waals surface area contributed by atoms with Gasteiger partial charge in [-0.1, -0.05) is 0 Å². The van der Waals surface area contributed by atoms with Gasteiger partial charge in [0.1, 0.15) is 5.54 Å². The summed E-state index contributed by atoms with van der Waals surface area (Å²) in [5.41, 5.74) is -1.15. The molecule has 0 aromatic carbocycles. The van der Waals surface area contributed by atoms with Gasteiger partial charge in [0.15, 0.2) is 0 Å². The van der Waals surface area contributed by atoms with Crippen molar-refractivity contribution >= 4 is 11.9 Å². The zero-order valence-corrected chi connectivity index (χ0v) is 11.4. The van der Waals surface area contributed by atoms with Crippen molar-refractivity contribution in [1.29, 1.82) is 0 Å². The minimum absolute atomic E-state index is 0.103. The van der Waals surface area contributed by atoms with Gasteiger partial charge >= 0.3 is 5.97 Å². The fourth-order valence-corrected chi connectivity index (χ4v) is 1.99. The van der Waals surface area contributed by atoms with Crippen LogP contribution in [-0.4, -0.2) is 47.7 Å². The van der Waals surface area contributed by atoms with E-state index in [1.807, 2.05) is 0 Å². The van der Waals surface area contributed by atoms with Crippen molar-refractivity contribution < 1.29 is 19.4 Å². The second kappa shape index (κ2) is 6.18. The van der Waals surface area contributed by atoms with Gasteiger partial charge in [0, 0.05) is 26.7 Å². The van der Waals surface area contributed by atoms with E-state index in [4.69, 9.17) is 9.84 Å². The Kier molecular flexibility index (Phi) is 5.14. The van der Waals surface area contributed by atoms with Crippen molar-refractivity contribution in [2.45, 2.75) is 45.1 Å². The van der Waals surface area contributed by atoms with Crippen molar-refractivity contribution in [2.75, 3.05) is 20.3 Å². The summed E-state index contributed by atoms with van der Waals surface area (Å²) in [6.07, 6.45) is 3.23. The second-order valence-corrected chi connectivity index (χ2v) is 5.41. The number of hydrogen-bond donors (Lipinski definition) is 1. The van der Waals surface area contributed by atoms with Gasteiger partial charge < -0.3 is 14.7 Å². The zero-order chi connectivity index (χ0) is 13.8. The van der Waals surface area contributed by atoms with E-state index in [0.717, 1.165) is 32.5 Å². The average Bonchev–Trinajstić information content (AvgIpc) is 2.36. The Bertz CT molecular complexity index is 308. The topological polar surface area (TPSA) is 66.8 Å². The van der Waals surface area contributed by atoms with Crippen LogP contribution in [0.4, 0.5) is 0 Å². The molecular formula is C13H23NO4. The first kappa shape index (κ1) is 15.0. The van der Waals surface area contributed by atoms with Crippen molar-refractivity contribution in [3.05, 3.63) is 0 Å². The Morgan fingerprint density at radius 3 is 2.39 bits per heavy atom. The monoisotopic (exact) mass is 257 g/mol. The molecule has 0 aromatic heterocycles. The van der Waals surface area contributed by atoms with Gasteiger partial charge in [-0.15, -0.1) is 0 Å². The molecule has 1 saturated heterocycles. The van der Waals surface area contributed by atoms with E-state index in [1.54, 1.807) is 20.9 Å². The molecule has 0 unspecified atom stereocenters. The molecule has 0 spiro atoms. The minimum atomic E-state index is -1.15. The number of carbonyl (C=O) groups excluding carboxylic acids is 1. The number of likely N-dealkylation sites (N-methyl/N-ethyl adjacent to an activating group) is 1. The van der Waals surface area contributed by atoms with E-state index in [-0.39, 0.29) is 5.91 Å². The number of carbonyl (C=O) groups is 2. The van der Waals surface area contributed by atoms with Gasteiger partial charge in [0.05, 0.1) is 0 Å². The molecule has 1 rings (SSSR count). The number of carboxylic acid groups (broad SMARTS) is 1. The highest BCUT2D eigenvalue weighted by Crippen LogP contribution is 2.22. The van der Waals surface area contributed by atoms with Gasteiger partial charge in [-0.2, -0.15) is 0 Å². The molecule has 5 nitrogen and oxygen atoms in total. The van der Waals surface area contributed by atoms with Crippen molar-refractivity contribution in [2.24, 2.45) is 5.92 Å². The van der Waals surface area contributed by atoms with Gasteiger partial charge in [0.25, 0.3) is 0 Å². The largest absolute Gasteiger partial charge is 0.480 e. The van der Waals surface area contributed by atoms with Crippen molar-refractivity contribution in [3.63, 3.8) is 0 Å². The fraction of sp³-hybridized carbons (Fsp3) is 0.846. The van der Waals surface area contributed by atoms with E-state index < -0.39 is 11.5 Å². The molecule has 1 heterocycles. The number of hydrogen-bond acceptors (Lipinski definition) is 3. The van der Waals surface area contributed by atoms with Crippen molar-refractivity contribution in [3.8, 4) is 0 Å². The summed E-state index contributed by atoms with van der Waals surface area (Å²) in [7, 11) is 1.56. The third kappa shape index (κ3) is 3.70. The molecule has 0 atom stereocenters. The Morgan fingerprint density at radius 2 is 1.89 bits per heavy atom. The summed E-state index contributed by atoms with van der Waals surface area (Å²) in [4.78, 5) is 24.4. The van der Waals surface area contributed by atoms with E-state index >= 15 is 0 Å². The normalized spacial score (nSPS) is 17.5. The van der Waals surface area contributed by atoms with Crippen LogP contribution in [0.3, 0.4) is 0 Å². The molecule has 0 radical (unpaired) electrons.